The summed E-state index contributed by atoms with van der Waals surface area (Å²) in [4.78, 5) is 9.52. The van der Waals surface area contributed by atoms with Crippen LogP contribution in [0.4, 0.5) is 5.95 Å². The number of likely N-dealkylation sites (N-methyl/N-ethyl adjacent to an activating group) is 1. The molecule has 0 aliphatic carbocycles. The number of aromatic nitrogens is 3. The van der Waals surface area contributed by atoms with Gasteiger partial charge in [0.25, 0.3) is 0 Å². The van der Waals surface area contributed by atoms with Crippen LogP contribution >= 0.6 is 11.6 Å². The van der Waals surface area contributed by atoms with E-state index >= 15 is 0 Å². The molecule has 8 heteroatoms. The Labute approximate surface area is 170 Å². The van der Waals surface area contributed by atoms with Crippen molar-refractivity contribution >= 4 is 17.5 Å². The molecule has 0 bridgehead atoms. The fourth-order valence-electron chi connectivity index (χ4n) is 4.24. The van der Waals surface area contributed by atoms with Crippen molar-refractivity contribution in [3.63, 3.8) is 0 Å². The van der Waals surface area contributed by atoms with Crippen molar-refractivity contribution < 1.29 is 9.47 Å². The number of nitrogens with zero attached hydrogens (tertiary/aromatic N) is 5. The number of rotatable bonds is 5. The molecule has 28 heavy (non-hydrogen) atoms. The third kappa shape index (κ3) is 3.79. The lowest BCUT2D eigenvalue weighted by atomic mass is 9.92. The molecule has 150 valence electrons. The number of benzene rings is 1. The molecule has 2 aliphatic heterocycles. The van der Waals surface area contributed by atoms with Crippen molar-refractivity contribution in [2.75, 3.05) is 45.5 Å². The summed E-state index contributed by atoms with van der Waals surface area (Å²) in [6.45, 7) is 5.32. The lowest BCUT2D eigenvalue weighted by molar-refractivity contribution is 0.0515. The van der Waals surface area contributed by atoms with Gasteiger partial charge >= 0.3 is 0 Å². The van der Waals surface area contributed by atoms with E-state index in [1.165, 1.54) is 19.4 Å². The minimum atomic E-state index is 0.135. The van der Waals surface area contributed by atoms with Gasteiger partial charge in [0.05, 0.1) is 5.69 Å². The third-order valence-electron chi connectivity index (χ3n) is 5.70. The van der Waals surface area contributed by atoms with Crippen LogP contribution in [0.5, 0.6) is 5.75 Å². The Kier molecular flexibility index (Phi) is 5.66. The predicted molar refractivity (Wildman–Crippen MR) is 109 cm³/mol. The molecule has 2 fully saturated rings. The maximum Gasteiger partial charge on any atom is 0.245 e. The number of likely N-dealkylation sites (tertiary alicyclic amines) is 1. The molecule has 0 amide bonds. The van der Waals surface area contributed by atoms with Crippen molar-refractivity contribution in [2.45, 2.75) is 25.8 Å². The molecule has 0 unspecified atom stereocenters. The summed E-state index contributed by atoms with van der Waals surface area (Å²) >= 11 is 6.13. The lowest BCUT2D eigenvalue weighted by Crippen LogP contribution is -2.47. The topological polar surface area (TPSA) is 63.6 Å². The number of ether oxygens (including phenoxy) is 2. The van der Waals surface area contributed by atoms with Gasteiger partial charge in [0.2, 0.25) is 5.95 Å². The molecule has 2 saturated heterocycles. The SMILES string of the molecule is COCOc1cc(Cl)ccc1-c1nnc(N2CC[C@@H]3CCN(C)C[C@@H]32)nc1C. The molecule has 0 radical (unpaired) electrons. The first-order valence-electron chi connectivity index (χ1n) is 9.65. The zero-order valence-corrected chi connectivity index (χ0v) is 17.3. The summed E-state index contributed by atoms with van der Waals surface area (Å²) in [6, 6.07) is 5.93. The van der Waals surface area contributed by atoms with Crippen LogP contribution < -0.4 is 9.64 Å². The molecule has 0 spiro atoms. The van der Waals surface area contributed by atoms with Gasteiger partial charge in [-0.15, -0.1) is 10.2 Å². The van der Waals surface area contributed by atoms with Crippen LogP contribution in [0.3, 0.4) is 0 Å². The second-order valence-electron chi connectivity index (χ2n) is 7.60. The van der Waals surface area contributed by atoms with Crippen molar-refractivity contribution in [2.24, 2.45) is 5.92 Å². The van der Waals surface area contributed by atoms with Crippen molar-refractivity contribution in [1.29, 1.82) is 0 Å². The fraction of sp³-hybridized carbons (Fsp3) is 0.550. The molecule has 0 N–H and O–H groups in total. The zero-order valence-electron chi connectivity index (χ0n) is 16.6. The highest BCUT2D eigenvalue weighted by Gasteiger charge is 2.39. The van der Waals surface area contributed by atoms with Crippen molar-refractivity contribution in [1.82, 2.24) is 20.1 Å². The number of aryl methyl sites for hydroxylation is 1. The number of methoxy groups -OCH3 is 1. The Bertz CT molecular complexity index is 849. The highest BCUT2D eigenvalue weighted by Crippen LogP contribution is 2.35. The van der Waals surface area contributed by atoms with Gasteiger partial charge in [0.1, 0.15) is 11.4 Å². The van der Waals surface area contributed by atoms with Gasteiger partial charge in [-0.3, -0.25) is 0 Å². The monoisotopic (exact) mass is 403 g/mol. The van der Waals surface area contributed by atoms with Crippen LogP contribution in [0, 0.1) is 12.8 Å². The van der Waals surface area contributed by atoms with Gasteiger partial charge in [0, 0.05) is 36.8 Å². The Balaban J connectivity index is 1.62. The van der Waals surface area contributed by atoms with Crippen molar-refractivity contribution in [3.8, 4) is 17.0 Å². The van der Waals surface area contributed by atoms with E-state index in [1.54, 1.807) is 13.2 Å². The third-order valence-corrected chi connectivity index (χ3v) is 5.94. The number of hydrogen-bond acceptors (Lipinski definition) is 7. The molecule has 2 aromatic rings. The van der Waals surface area contributed by atoms with E-state index in [2.05, 4.69) is 27.0 Å². The van der Waals surface area contributed by atoms with Gasteiger partial charge in [-0.2, -0.15) is 0 Å². The van der Waals surface area contributed by atoms with Gasteiger partial charge in [-0.25, -0.2) is 4.98 Å². The molecular formula is C20H26ClN5O2. The van der Waals surface area contributed by atoms with Gasteiger partial charge < -0.3 is 19.3 Å². The summed E-state index contributed by atoms with van der Waals surface area (Å²) in [5.41, 5.74) is 2.33. The molecule has 2 atom stereocenters. The number of hydrogen-bond donors (Lipinski definition) is 0. The summed E-state index contributed by atoms with van der Waals surface area (Å²) in [5, 5.41) is 9.59. The van der Waals surface area contributed by atoms with Crippen LogP contribution in [0.15, 0.2) is 18.2 Å². The Morgan fingerprint density at radius 3 is 2.82 bits per heavy atom. The van der Waals surface area contributed by atoms with Crippen LogP contribution in [0.1, 0.15) is 18.5 Å². The smallest absolute Gasteiger partial charge is 0.245 e. The average Bonchev–Trinajstić information content (AvgIpc) is 3.10. The predicted octanol–water partition coefficient (Wildman–Crippen LogP) is 3.01. The first kappa shape index (κ1) is 19.4. The molecule has 7 nitrogen and oxygen atoms in total. The Morgan fingerprint density at radius 2 is 2.04 bits per heavy atom. The molecule has 2 aliphatic rings. The van der Waals surface area contributed by atoms with Crippen molar-refractivity contribution in [3.05, 3.63) is 28.9 Å². The fourth-order valence-corrected chi connectivity index (χ4v) is 4.41. The van der Waals surface area contributed by atoms with E-state index in [0.717, 1.165) is 36.2 Å². The van der Waals surface area contributed by atoms with E-state index in [1.807, 2.05) is 19.1 Å². The highest BCUT2D eigenvalue weighted by atomic mass is 35.5. The summed E-state index contributed by atoms with van der Waals surface area (Å²) in [5.74, 6) is 2.05. The van der Waals surface area contributed by atoms with Gasteiger partial charge in [0.15, 0.2) is 6.79 Å². The molecule has 3 heterocycles. The first-order valence-corrected chi connectivity index (χ1v) is 10.0. The molecular weight excluding hydrogens is 378 g/mol. The quantitative estimate of drug-likeness (QED) is 0.711. The number of halogens is 1. The Morgan fingerprint density at radius 1 is 1.21 bits per heavy atom. The zero-order chi connectivity index (χ0) is 19.7. The Hall–Kier alpha value is -1.96. The van der Waals surface area contributed by atoms with E-state index in [0.29, 0.717) is 22.5 Å². The van der Waals surface area contributed by atoms with Crippen LogP contribution in [0.25, 0.3) is 11.3 Å². The first-order chi connectivity index (χ1) is 13.6. The summed E-state index contributed by atoms with van der Waals surface area (Å²) in [6.07, 6.45) is 2.45. The highest BCUT2D eigenvalue weighted by molar-refractivity contribution is 6.30. The summed E-state index contributed by atoms with van der Waals surface area (Å²) in [7, 11) is 3.76. The lowest BCUT2D eigenvalue weighted by Gasteiger charge is -2.36. The second kappa shape index (κ2) is 8.19. The van der Waals surface area contributed by atoms with E-state index in [4.69, 9.17) is 26.1 Å². The molecule has 0 saturated carbocycles. The average molecular weight is 404 g/mol. The maximum atomic E-state index is 6.13. The number of piperidine rings is 1. The number of anilines is 1. The second-order valence-corrected chi connectivity index (χ2v) is 8.03. The minimum Gasteiger partial charge on any atom is -0.467 e. The number of fused-ring (bicyclic) bond motifs is 1. The largest absolute Gasteiger partial charge is 0.467 e. The van der Waals surface area contributed by atoms with E-state index in [9.17, 15) is 0 Å². The van der Waals surface area contributed by atoms with E-state index in [-0.39, 0.29) is 6.79 Å². The minimum absolute atomic E-state index is 0.135. The molecule has 1 aromatic carbocycles. The maximum absolute atomic E-state index is 6.13. The van der Waals surface area contributed by atoms with Crippen LogP contribution in [-0.2, 0) is 4.74 Å². The molecule has 4 rings (SSSR count). The summed E-state index contributed by atoms with van der Waals surface area (Å²) < 4.78 is 10.7. The van der Waals surface area contributed by atoms with Gasteiger partial charge in [-0.1, -0.05) is 11.6 Å². The normalized spacial score (nSPS) is 22.4. The standard InChI is InChI=1S/C20H26ClN5O2/c1-13-19(16-5-4-15(21)10-18(16)28-12-27-3)23-24-20(22-13)26-9-7-14-6-8-25(2)11-17(14)26/h4-5,10,14,17H,6-9,11-12H2,1-3H3/t14-,17-/m0/s1. The van der Waals surface area contributed by atoms with Crippen LogP contribution in [0.2, 0.25) is 5.02 Å². The van der Waals surface area contributed by atoms with E-state index < -0.39 is 0 Å². The van der Waals surface area contributed by atoms with Crippen LogP contribution in [-0.4, -0.2) is 66.7 Å². The van der Waals surface area contributed by atoms with Gasteiger partial charge in [-0.05, 0) is 57.5 Å². The molecule has 1 aromatic heterocycles.